The first-order valence-electron chi connectivity index (χ1n) is 7.54. The minimum Gasteiger partial charge on any atom is -0.355 e. The molecule has 124 valence electrons. The van der Waals surface area contributed by atoms with E-state index < -0.39 is 0 Å². The molecule has 3 aromatic rings. The number of carbonyl (C=O) groups is 1. The summed E-state index contributed by atoms with van der Waals surface area (Å²) < 4.78 is 1.46. The van der Waals surface area contributed by atoms with Crippen molar-refractivity contribution in [3.05, 3.63) is 58.9 Å². The third-order valence-corrected chi connectivity index (χ3v) is 5.28. The van der Waals surface area contributed by atoms with Crippen LogP contribution in [0.5, 0.6) is 0 Å². The van der Waals surface area contributed by atoms with Crippen LogP contribution in [0.1, 0.15) is 4.88 Å². The zero-order chi connectivity index (χ0) is 16.8. The average Bonchev–Trinajstić information content (AvgIpc) is 3.24. The predicted octanol–water partition coefficient (Wildman–Crippen LogP) is 2.78. The Labute approximate surface area is 148 Å². The van der Waals surface area contributed by atoms with Crippen LogP contribution in [0.25, 0.3) is 11.3 Å². The van der Waals surface area contributed by atoms with Gasteiger partial charge in [0, 0.05) is 17.0 Å². The Morgan fingerprint density at radius 3 is 2.83 bits per heavy atom. The molecule has 2 heterocycles. The third-order valence-electron chi connectivity index (χ3n) is 3.37. The lowest BCUT2D eigenvalue weighted by Gasteiger charge is -2.04. The van der Waals surface area contributed by atoms with Crippen molar-refractivity contribution in [3.63, 3.8) is 0 Å². The number of aromatic nitrogens is 2. The molecule has 24 heavy (non-hydrogen) atoms. The van der Waals surface area contributed by atoms with Crippen molar-refractivity contribution < 1.29 is 4.79 Å². The molecule has 3 rings (SSSR count). The maximum Gasteiger partial charge on any atom is 0.230 e. The number of thiophene rings is 1. The summed E-state index contributed by atoms with van der Waals surface area (Å²) in [6.45, 7) is 0.645. The van der Waals surface area contributed by atoms with E-state index in [1.807, 2.05) is 41.8 Å². The fourth-order valence-corrected chi connectivity index (χ4v) is 3.63. The van der Waals surface area contributed by atoms with Gasteiger partial charge in [0.2, 0.25) is 5.91 Å². The SMILES string of the molecule is Nn1cc(-c2ccccc2)nc1SCC(=O)NCCc1cccs1. The number of carbonyl (C=O) groups excluding carboxylic acids is 1. The minimum absolute atomic E-state index is 0.0131. The van der Waals surface area contributed by atoms with Crippen molar-refractivity contribution in [2.24, 2.45) is 0 Å². The van der Waals surface area contributed by atoms with Crippen LogP contribution >= 0.6 is 23.1 Å². The number of nitrogens with one attached hydrogen (secondary N) is 1. The molecule has 3 N–H and O–H groups in total. The van der Waals surface area contributed by atoms with Crippen molar-refractivity contribution in [2.45, 2.75) is 11.6 Å². The molecular weight excluding hydrogens is 340 g/mol. The van der Waals surface area contributed by atoms with Gasteiger partial charge >= 0.3 is 0 Å². The second kappa shape index (κ2) is 8.03. The van der Waals surface area contributed by atoms with Crippen molar-refractivity contribution in [3.8, 4) is 11.3 Å². The van der Waals surface area contributed by atoms with Gasteiger partial charge in [-0.2, -0.15) is 0 Å². The van der Waals surface area contributed by atoms with Gasteiger partial charge in [0.25, 0.3) is 0 Å². The number of hydrogen-bond acceptors (Lipinski definition) is 5. The van der Waals surface area contributed by atoms with E-state index in [9.17, 15) is 4.79 Å². The fourth-order valence-electron chi connectivity index (χ4n) is 2.19. The molecule has 0 fully saturated rings. The van der Waals surface area contributed by atoms with Crippen LogP contribution in [0.2, 0.25) is 0 Å². The van der Waals surface area contributed by atoms with E-state index >= 15 is 0 Å². The van der Waals surface area contributed by atoms with Crippen molar-refractivity contribution in [1.82, 2.24) is 15.0 Å². The van der Waals surface area contributed by atoms with Gasteiger partial charge in [0.1, 0.15) is 0 Å². The molecule has 0 saturated heterocycles. The Morgan fingerprint density at radius 2 is 2.08 bits per heavy atom. The second-order valence-corrected chi connectivity index (χ2v) is 7.12. The zero-order valence-electron chi connectivity index (χ0n) is 13.0. The maximum absolute atomic E-state index is 11.9. The van der Waals surface area contributed by atoms with Gasteiger partial charge in [-0.3, -0.25) is 4.79 Å². The number of benzene rings is 1. The van der Waals surface area contributed by atoms with Crippen LogP contribution in [0, 0.1) is 0 Å². The highest BCUT2D eigenvalue weighted by Crippen LogP contribution is 2.22. The standard InChI is InChI=1S/C17H18N4OS2/c18-21-11-15(13-5-2-1-3-6-13)20-17(21)24-12-16(22)19-9-8-14-7-4-10-23-14/h1-7,10-11H,8-9,12,18H2,(H,19,22). The zero-order valence-corrected chi connectivity index (χ0v) is 14.6. The van der Waals surface area contributed by atoms with E-state index in [2.05, 4.69) is 16.4 Å². The van der Waals surface area contributed by atoms with Crippen LogP contribution in [-0.4, -0.2) is 27.9 Å². The molecule has 0 spiro atoms. The van der Waals surface area contributed by atoms with Crippen LogP contribution in [-0.2, 0) is 11.2 Å². The largest absolute Gasteiger partial charge is 0.355 e. The third kappa shape index (κ3) is 4.39. The highest BCUT2D eigenvalue weighted by molar-refractivity contribution is 7.99. The molecule has 0 radical (unpaired) electrons. The van der Waals surface area contributed by atoms with Gasteiger partial charge in [-0.1, -0.05) is 48.2 Å². The van der Waals surface area contributed by atoms with E-state index in [4.69, 9.17) is 5.84 Å². The summed E-state index contributed by atoms with van der Waals surface area (Å²) in [6, 6.07) is 13.9. The molecule has 2 aromatic heterocycles. The molecule has 0 atom stereocenters. The number of nitrogens with two attached hydrogens (primary N) is 1. The number of hydrogen-bond donors (Lipinski definition) is 2. The Morgan fingerprint density at radius 1 is 1.25 bits per heavy atom. The molecule has 0 aliphatic rings. The highest BCUT2D eigenvalue weighted by atomic mass is 32.2. The number of nitrogens with zero attached hydrogens (tertiary/aromatic N) is 2. The van der Waals surface area contributed by atoms with E-state index in [1.165, 1.54) is 21.3 Å². The van der Waals surface area contributed by atoms with E-state index in [1.54, 1.807) is 17.5 Å². The molecule has 1 aromatic carbocycles. The first-order chi connectivity index (χ1) is 11.7. The minimum atomic E-state index is -0.0131. The van der Waals surface area contributed by atoms with Gasteiger partial charge in [-0.05, 0) is 17.9 Å². The molecule has 5 nitrogen and oxygen atoms in total. The van der Waals surface area contributed by atoms with Crippen molar-refractivity contribution in [2.75, 3.05) is 18.1 Å². The second-order valence-electron chi connectivity index (χ2n) is 5.15. The first kappa shape index (κ1) is 16.6. The molecule has 0 unspecified atom stereocenters. The van der Waals surface area contributed by atoms with Gasteiger partial charge in [0.15, 0.2) is 5.16 Å². The molecule has 0 bridgehead atoms. The lowest BCUT2D eigenvalue weighted by atomic mass is 10.2. The summed E-state index contributed by atoms with van der Waals surface area (Å²) in [5, 5.41) is 5.59. The normalized spacial score (nSPS) is 10.7. The lowest BCUT2D eigenvalue weighted by molar-refractivity contribution is -0.118. The van der Waals surface area contributed by atoms with E-state index in [-0.39, 0.29) is 5.91 Å². The number of imidazole rings is 1. The average molecular weight is 358 g/mol. The van der Waals surface area contributed by atoms with Crippen molar-refractivity contribution in [1.29, 1.82) is 0 Å². The number of amides is 1. The molecule has 0 aliphatic heterocycles. The Hall–Kier alpha value is -2.25. The molecule has 0 aliphatic carbocycles. The lowest BCUT2D eigenvalue weighted by Crippen LogP contribution is -2.27. The van der Waals surface area contributed by atoms with Crippen LogP contribution in [0.15, 0.2) is 59.2 Å². The Bertz CT molecular complexity index is 784. The highest BCUT2D eigenvalue weighted by Gasteiger charge is 2.10. The number of rotatable bonds is 7. The summed E-state index contributed by atoms with van der Waals surface area (Å²) in [5.74, 6) is 6.22. The summed E-state index contributed by atoms with van der Waals surface area (Å²) in [4.78, 5) is 17.7. The monoisotopic (exact) mass is 358 g/mol. The summed E-state index contributed by atoms with van der Waals surface area (Å²) in [7, 11) is 0. The summed E-state index contributed by atoms with van der Waals surface area (Å²) >= 11 is 3.04. The smallest absolute Gasteiger partial charge is 0.230 e. The molecule has 7 heteroatoms. The van der Waals surface area contributed by atoms with Crippen LogP contribution in [0.4, 0.5) is 0 Å². The molecule has 1 amide bonds. The maximum atomic E-state index is 11.9. The summed E-state index contributed by atoms with van der Waals surface area (Å²) in [6.07, 6.45) is 2.63. The van der Waals surface area contributed by atoms with Gasteiger partial charge < -0.3 is 11.2 Å². The van der Waals surface area contributed by atoms with E-state index in [0.717, 1.165) is 17.7 Å². The van der Waals surface area contributed by atoms with E-state index in [0.29, 0.717) is 17.5 Å². The quantitative estimate of drug-likeness (QED) is 0.503. The number of thioether (sulfide) groups is 1. The van der Waals surface area contributed by atoms with Gasteiger partial charge in [-0.25, -0.2) is 9.66 Å². The topological polar surface area (TPSA) is 72.9 Å². The van der Waals surface area contributed by atoms with Crippen LogP contribution < -0.4 is 11.2 Å². The van der Waals surface area contributed by atoms with Crippen molar-refractivity contribution >= 4 is 29.0 Å². The Balaban J connectivity index is 1.49. The fraction of sp³-hybridized carbons (Fsp3) is 0.176. The number of nitrogen functional groups attached to an aromatic ring is 1. The summed E-state index contributed by atoms with van der Waals surface area (Å²) in [5.41, 5.74) is 1.81. The molecule has 0 saturated carbocycles. The Kier molecular flexibility index (Phi) is 5.55. The first-order valence-corrected chi connectivity index (χ1v) is 9.40. The van der Waals surface area contributed by atoms with Gasteiger partial charge in [-0.15, -0.1) is 11.3 Å². The van der Waals surface area contributed by atoms with Gasteiger partial charge in [0.05, 0.1) is 17.6 Å². The van der Waals surface area contributed by atoms with Crippen LogP contribution in [0.3, 0.4) is 0 Å². The predicted molar refractivity (Wildman–Crippen MR) is 99.6 cm³/mol. The molecular formula is C17H18N4OS2.